The monoisotopic (exact) mass is 173 g/mol. The summed E-state index contributed by atoms with van der Waals surface area (Å²) in [6.07, 6.45) is 2.48. The first kappa shape index (κ1) is 14.5. The molecule has 1 unspecified atom stereocenters. The molecule has 0 radical (unpaired) electrons. The lowest BCUT2D eigenvalue weighted by atomic mass is 10.2. The molecule has 0 bridgehead atoms. The zero-order chi connectivity index (χ0) is 9.98. The van der Waals surface area contributed by atoms with Crippen molar-refractivity contribution in [3.05, 3.63) is 0 Å². The Labute approximate surface area is 78.9 Å². The molecule has 0 spiro atoms. The van der Waals surface area contributed by atoms with Crippen molar-refractivity contribution in [3.8, 4) is 0 Å². The van der Waals surface area contributed by atoms with E-state index in [1.165, 1.54) is 12.8 Å². The van der Waals surface area contributed by atoms with Gasteiger partial charge in [0, 0.05) is 6.04 Å². The van der Waals surface area contributed by atoms with E-state index in [0.717, 1.165) is 12.5 Å². The number of hydrogen-bond acceptors (Lipinski definition) is 1. The van der Waals surface area contributed by atoms with E-state index < -0.39 is 0 Å². The van der Waals surface area contributed by atoms with Crippen molar-refractivity contribution in [2.24, 2.45) is 5.92 Å². The predicted octanol–water partition coefficient (Wildman–Crippen LogP) is 3.45. The zero-order valence-corrected chi connectivity index (χ0v) is 9.78. The first-order chi connectivity index (χ1) is 5.58. The van der Waals surface area contributed by atoms with Crippen molar-refractivity contribution in [2.75, 3.05) is 6.54 Å². The minimum absolute atomic E-state index is 0.687. The molecule has 0 aromatic rings. The second kappa shape index (κ2) is 11.0. The van der Waals surface area contributed by atoms with E-state index in [2.05, 4.69) is 46.9 Å². The molecule has 0 aromatic heterocycles. The van der Waals surface area contributed by atoms with Crippen LogP contribution in [-0.2, 0) is 0 Å². The SMILES string of the molecule is CCC.CCC(C)NCC(C)C. The summed E-state index contributed by atoms with van der Waals surface area (Å²) in [7, 11) is 0. The molecule has 1 nitrogen and oxygen atoms in total. The zero-order valence-electron chi connectivity index (χ0n) is 9.78. The van der Waals surface area contributed by atoms with Crippen LogP contribution in [0, 0.1) is 5.92 Å². The van der Waals surface area contributed by atoms with Gasteiger partial charge >= 0.3 is 0 Å². The van der Waals surface area contributed by atoms with Gasteiger partial charge in [0.2, 0.25) is 0 Å². The molecule has 1 N–H and O–H groups in total. The molecule has 0 heterocycles. The van der Waals surface area contributed by atoms with Crippen LogP contribution in [0.4, 0.5) is 0 Å². The fraction of sp³-hybridized carbons (Fsp3) is 1.00. The van der Waals surface area contributed by atoms with E-state index in [1.54, 1.807) is 0 Å². The third-order valence-corrected chi connectivity index (χ3v) is 1.49. The van der Waals surface area contributed by atoms with Crippen LogP contribution in [0.25, 0.3) is 0 Å². The quantitative estimate of drug-likeness (QED) is 0.686. The van der Waals surface area contributed by atoms with Crippen LogP contribution in [0.2, 0.25) is 0 Å². The molecule has 0 amide bonds. The summed E-state index contributed by atoms with van der Waals surface area (Å²) in [5.74, 6) is 0.777. The molecule has 0 saturated carbocycles. The van der Waals surface area contributed by atoms with E-state index in [4.69, 9.17) is 0 Å². The molecule has 12 heavy (non-hydrogen) atoms. The number of nitrogens with one attached hydrogen (secondary N) is 1. The van der Waals surface area contributed by atoms with Crippen LogP contribution in [0.3, 0.4) is 0 Å². The summed E-state index contributed by atoms with van der Waals surface area (Å²) >= 11 is 0. The Kier molecular flexibility index (Phi) is 13.2. The van der Waals surface area contributed by atoms with Gasteiger partial charge in [-0.25, -0.2) is 0 Å². The maximum Gasteiger partial charge on any atom is 0.00362 e. The highest BCUT2D eigenvalue weighted by Gasteiger charge is 1.97. The lowest BCUT2D eigenvalue weighted by Gasteiger charge is -2.12. The van der Waals surface area contributed by atoms with Crippen molar-refractivity contribution < 1.29 is 0 Å². The largest absolute Gasteiger partial charge is 0.314 e. The van der Waals surface area contributed by atoms with Gasteiger partial charge in [-0.2, -0.15) is 0 Å². The predicted molar refractivity (Wildman–Crippen MR) is 58.6 cm³/mol. The van der Waals surface area contributed by atoms with Gasteiger partial charge in [-0.1, -0.05) is 41.0 Å². The highest BCUT2D eigenvalue weighted by Crippen LogP contribution is 1.91. The van der Waals surface area contributed by atoms with Gasteiger partial charge in [-0.15, -0.1) is 0 Å². The van der Waals surface area contributed by atoms with Crippen LogP contribution >= 0.6 is 0 Å². The maximum atomic E-state index is 3.43. The number of hydrogen-bond donors (Lipinski definition) is 1. The van der Waals surface area contributed by atoms with Crippen LogP contribution < -0.4 is 5.32 Å². The smallest absolute Gasteiger partial charge is 0.00362 e. The van der Waals surface area contributed by atoms with Gasteiger partial charge in [0.15, 0.2) is 0 Å². The third-order valence-electron chi connectivity index (χ3n) is 1.49. The summed E-state index contributed by atoms with van der Waals surface area (Å²) in [5, 5.41) is 3.43. The second-order valence-corrected chi connectivity index (χ2v) is 3.82. The van der Waals surface area contributed by atoms with Crippen molar-refractivity contribution in [1.82, 2.24) is 5.32 Å². The standard InChI is InChI=1S/C8H19N.C3H8/c1-5-8(4)9-6-7(2)3;1-3-2/h7-9H,5-6H2,1-4H3;3H2,1-2H3. The van der Waals surface area contributed by atoms with E-state index in [0.29, 0.717) is 6.04 Å². The summed E-state index contributed by atoms with van der Waals surface area (Å²) in [6, 6.07) is 0.687. The van der Waals surface area contributed by atoms with Gasteiger partial charge in [0.05, 0.1) is 0 Å². The minimum Gasteiger partial charge on any atom is -0.314 e. The van der Waals surface area contributed by atoms with Crippen LogP contribution in [0.15, 0.2) is 0 Å². The van der Waals surface area contributed by atoms with E-state index in [-0.39, 0.29) is 0 Å². The van der Waals surface area contributed by atoms with E-state index >= 15 is 0 Å². The molecule has 0 fully saturated rings. The Morgan fingerprint density at radius 2 is 1.42 bits per heavy atom. The third kappa shape index (κ3) is 16.5. The highest BCUT2D eigenvalue weighted by atomic mass is 14.9. The van der Waals surface area contributed by atoms with Crippen molar-refractivity contribution in [2.45, 2.75) is 60.4 Å². The normalized spacial score (nSPS) is 12.2. The topological polar surface area (TPSA) is 12.0 Å². The number of rotatable bonds is 4. The van der Waals surface area contributed by atoms with Crippen molar-refractivity contribution in [3.63, 3.8) is 0 Å². The Morgan fingerprint density at radius 1 is 1.00 bits per heavy atom. The molecule has 1 atom stereocenters. The Bertz CT molecular complexity index is 69.4. The maximum absolute atomic E-state index is 3.43. The fourth-order valence-corrected chi connectivity index (χ4v) is 0.581. The highest BCUT2D eigenvalue weighted by molar-refractivity contribution is 4.58. The Balaban J connectivity index is 0. The lowest BCUT2D eigenvalue weighted by Crippen LogP contribution is -2.28. The molecular weight excluding hydrogens is 146 g/mol. The fourth-order valence-electron chi connectivity index (χ4n) is 0.581. The molecule has 1 heteroatoms. The average molecular weight is 173 g/mol. The van der Waals surface area contributed by atoms with Crippen LogP contribution in [0.1, 0.15) is 54.4 Å². The average Bonchev–Trinajstić information content (AvgIpc) is 2.01. The summed E-state index contributed by atoms with van der Waals surface area (Å²) in [5.41, 5.74) is 0. The first-order valence-electron chi connectivity index (χ1n) is 5.31. The second-order valence-electron chi connectivity index (χ2n) is 3.82. The molecule has 76 valence electrons. The Hall–Kier alpha value is -0.0400. The summed E-state index contributed by atoms with van der Waals surface area (Å²) in [6.45, 7) is 14.3. The molecule has 0 saturated heterocycles. The van der Waals surface area contributed by atoms with Gasteiger partial charge in [0.1, 0.15) is 0 Å². The van der Waals surface area contributed by atoms with Gasteiger partial charge in [-0.3, -0.25) is 0 Å². The molecule has 0 aromatic carbocycles. The molecule has 0 aliphatic heterocycles. The van der Waals surface area contributed by atoms with E-state index in [9.17, 15) is 0 Å². The summed E-state index contributed by atoms with van der Waals surface area (Å²) in [4.78, 5) is 0. The minimum atomic E-state index is 0.687. The lowest BCUT2D eigenvalue weighted by molar-refractivity contribution is 0.475. The van der Waals surface area contributed by atoms with E-state index in [1.807, 2.05) is 0 Å². The van der Waals surface area contributed by atoms with Crippen molar-refractivity contribution >= 4 is 0 Å². The first-order valence-corrected chi connectivity index (χ1v) is 5.31. The van der Waals surface area contributed by atoms with Crippen molar-refractivity contribution in [1.29, 1.82) is 0 Å². The molecule has 0 rings (SSSR count). The van der Waals surface area contributed by atoms with Gasteiger partial charge in [-0.05, 0) is 25.8 Å². The molecular formula is C11H27N. The van der Waals surface area contributed by atoms with Crippen LogP contribution in [0.5, 0.6) is 0 Å². The summed E-state index contributed by atoms with van der Waals surface area (Å²) < 4.78 is 0. The van der Waals surface area contributed by atoms with Crippen LogP contribution in [-0.4, -0.2) is 12.6 Å². The molecule has 0 aliphatic carbocycles. The Morgan fingerprint density at radius 3 is 1.67 bits per heavy atom. The van der Waals surface area contributed by atoms with Gasteiger partial charge < -0.3 is 5.32 Å². The van der Waals surface area contributed by atoms with Gasteiger partial charge in [0.25, 0.3) is 0 Å². The molecule has 0 aliphatic rings.